The van der Waals surface area contributed by atoms with Crippen molar-refractivity contribution in [3.8, 4) is 0 Å². The first-order valence-electron chi connectivity index (χ1n) is 7.24. The molecule has 0 spiro atoms. The molecule has 0 unspecified atom stereocenters. The van der Waals surface area contributed by atoms with E-state index in [-0.39, 0.29) is 5.84 Å². The molecule has 0 aliphatic heterocycles. The summed E-state index contributed by atoms with van der Waals surface area (Å²) < 4.78 is 0. The summed E-state index contributed by atoms with van der Waals surface area (Å²) in [5, 5.41) is 11.6. The van der Waals surface area contributed by atoms with Gasteiger partial charge in [-0.1, -0.05) is 32.9 Å². The van der Waals surface area contributed by atoms with Gasteiger partial charge in [-0.2, -0.15) is 0 Å². The summed E-state index contributed by atoms with van der Waals surface area (Å²) in [5.41, 5.74) is 7.11. The lowest BCUT2D eigenvalue weighted by Crippen LogP contribution is -2.37. The van der Waals surface area contributed by atoms with Crippen molar-refractivity contribution >= 4 is 11.5 Å². The number of aromatic nitrogens is 1. The summed E-state index contributed by atoms with van der Waals surface area (Å²) in [4.78, 5) is 6.67. The van der Waals surface area contributed by atoms with Gasteiger partial charge in [-0.05, 0) is 30.9 Å². The molecule has 0 fully saturated rings. The van der Waals surface area contributed by atoms with Crippen molar-refractivity contribution in [2.24, 2.45) is 16.8 Å². The summed E-state index contributed by atoms with van der Waals surface area (Å²) in [7, 11) is 0. The molecule has 5 nitrogen and oxygen atoms in total. The van der Waals surface area contributed by atoms with Crippen LogP contribution in [0.1, 0.15) is 46.2 Å². The molecule has 0 radical (unpaired) electrons. The standard InChI is InChI=1S/C15H26N4O/c1-5-12(6-2)19(10-11(3)4)13-7-8-14(17-9-13)15(16)18-20/h7-9,11-12,20H,5-6,10H2,1-4H3,(H2,16,18). The molecule has 0 atom stereocenters. The fourth-order valence-electron chi connectivity index (χ4n) is 2.35. The van der Waals surface area contributed by atoms with E-state index in [1.807, 2.05) is 6.07 Å². The maximum Gasteiger partial charge on any atom is 0.188 e. The Morgan fingerprint density at radius 2 is 2.00 bits per heavy atom. The van der Waals surface area contributed by atoms with E-state index < -0.39 is 0 Å². The van der Waals surface area contributed by atoms with Crippen LogP contribution < -0.4 is 10.6 Å². The predicted molar refractivity (Wildman–Crippen MR) is 83.3 cm³/mol. The highest BCUT2D eigenvalue weighted by Gasteiger charge is 2.17. The van der Waals surface area contributed by atoms with E-state index in [1.54, 1.807) is 12.3 Å². The Kier molecular flexibility index (Phi) is 6.28. The second-order valence-corrected chi connectivity index (χ2v) is 5.40. The highest BCUT2D eigenvalue weighted by Crippen LogP contribution is 2.21. The van der Waals surface area contributed by atoms with Crippen LogP contribution in [0, 0.1) is 5.92 Å². The minimum absolute atomic E-state index is 0.0366. The molecular weight excluding hydrogens is 252 g/mol. The second kappa shape index (κ2) is 7.72. The van der Waals surface area contributed by atoms with Gasteiger partial charge in [0.05, 0.1) is 11.9 Å². The monoisotopic (exact) mass is 278 g/mol. The molecule has 0 aliphatic carbocycles. The van der Waals surface area contributed by atoms with Gasteiger partial charge in [-0.25, -0.2) is 0 Å². The highest BCUT2D eigenvalue weighted by atomic mass is 16.4. The Balaban J connectivity index is 3.01. The van der Waals surface area contributed by atoms with Gasteiger partial charge in [0.25, 0.3) is 0 Å². The van der Waals surface area contributed by atoms with Gasteiger partial charge in [0.2, 0.25) is 0 Å². The van der Waals surface area contributed by atoms with E-state index in [2.05, 4.69) is 42.7 Å². The van der Waals surface area contributed by atoms with E-state index in [0.29, 0.717) is 17.7 Å². The van der Waals surface area contributed by atoms with Crippen LogP contribution >= 0.6 is 0 Å². The third-order valence-electron chi connectivity index (χ3n) is 3.39. The summed E-state index contributed by atoms with van der Waals surface area (Å²) >= 11 is 0. The van der Waals surface area contributed by atoms with Crippen molar-refractivity contribution in [2.45, 2.75) is 46.6 Å². The van der Waals surface area contributed by atoms with Crippen molar-refractivity contribution in [1.82, 2.24) is 4.98 Å². The maximum absolute atomic E-state index is 8.66. The lowest BCUT2D eigenvalue weighted by atomic mass is 10.1. The molecular formula is C15H26N4O. The number of oxime groups is 1. The predicted octanol–water partition coefficient (Wildman–Crippen LogP) is 2.83. The van der Waals surface area contributed by atoms with Gasteiger partial charge in [0, 0.05) is 12.6 Å². The van der Waals surface area contributed by atoms with Crippen molar-refractivity contribution in [3.63, 3.8) is 0 Å². The van der Waals surface area contributed by atoms with Gasteiger partial charge in [0.1, 0.15) is 5.69 Å². The molecule has 112 valence electrons. The molecule has 3 N–H and O–H groups in total. The quantitative estimate of drug-likeness (QED) is 0.348. The van der Waals surface area contributed by atoms with Crippen LogP contribution in [0.15, 0.2) is 23.5 Å². The molecule has 0 bridgehead atoms. The molecule has 20 heavy (non-hydrogen) atoms. The molecule has 1 rings (SSSR count). The summed E-state index contributed by atoms with van der Waals surface area (Å²) in [6.07, 6.45) is 4.00. The number of hydrogen-bond acceptors (Lipinski definition) is 4. The SMILES string of the molecule is CCC(CC)N(CC(C)C)c1ccc(/C(N)=N/O)nc1. The Morgan fingerprint density at radius 1 is 1.35 bits per heavy atom. The van der Waals surface area contributed by atoms with E-state index in [1.165, 1.54) is 0 Å². The van der Waals surface area contributed by atoms with Crippen LogP contribution in [0.4, 0.5) is 5.69 Å². The van der Waals surface area contributed by atoms with Crippen LogP contribution in [-0.4, -0.2) is 28.6 Å². The Hall–Kier alpha value is -1.78. The highest BCUT2D eigenvalue weighted by molar-refractivity contribution is 5.95. The van der Waals surface area contributed by atoms with Crippen molar-refractivity contribution < 1.29 is 5.21 Å². The lowest BCUT2D eigenvalue weighted by Gasteiger charge is -2.34. The Labute approximate surface area is 121 Å². The average Bonchev–Trinajstić information content (AvgIpc) is 2.46. The van der Waals surface area contributed by atoms with E-state index in [0.717, 1.165) is 25.1 Å². The zero-order valence-corrected chi connectivity index (χ0v) is 12.9. The first kappa shape index (κ1) is 16.3. The number of hydrogen-bond donors (Lipinski definition) is 2. The molecule has 1 aromatic heterocycles. The fourth-order valence-corrected chi connectivity index (χ4v) is 2.35. The topological polar surface area (TPSA) is 74.7 Å². The van der Waals surface area contributed by atoms with E-state index >= 15 is 0 Å². The molecule has 1 aromatic rings. The number of rotatable bonds is 7. The number of nitrogens with zero attached hydrogens (tertiary/aromatic N) is 3. The van der Waals surface area contributed by atoms with Crippen LogP contribution in [0.3, 0.4) is 0 Å². The van der Waals surface area contributed by atoms with Gasteiger partial charge in [0.15, 0.2) is 5.84 Å². The fraction of sp³-hybridized carbons (Fsp3) is 0.600. The van der Waals surface area contributed by atoms with Gasteiger partial charge >= 0.3 is 0 Å². The van der Waals surface area contributed by atoms with Crippen LogP contribution in [0.2, 0.25) is 0 Å². The number of nitrogens with two attached hydrogens (primary N) is 1. The van der Waals surface area contributed by atoms with Gasteiger partial charge in [-0.15, -0.1) is 0 Å². The first-order chi connectivity index (χ1) is 9.53. The van der Waals surface area contributed by atoms with Crippen LogP contribution in [0.25, 0.3) is 0 Å². The zero-order chi connectivity index (χ0) is 15.1. The third kappa shape index (κ3) is 4.11. The summed E-state index contributed by atoms with van der Waals surface area (Å²) in [5.74, 6) is 0.619. The first-order valence-corrected chi connectivity index (χ1v) is 7.24. The molecule has 0 amide bonds. The minimum Gasteiger partial charge on any atom is -0.409 e. The van der Waals surface area contributed by atoms with Crippen molar-refractivity contribution in [2.75, 3.05) is 11.4 Å². The van der Waals surface area contributed by atoms with Crippen molar-refractivity contribution in [3.05, 3.63) is 24.0 Å². The third-order valence-corrected chi connectivity index (χ3v) is 3.39. The number of anilines is 1. The lowest BCUT2D eigenvalue weighted by molar-refractivity contribution is 0.318. The maximum atomic E-state index is 8.66. The van der Waals surface area contributed by atoms with E-state index in [9.17, 15) is 0 Å². The number of amidine groups is 1. The normalized spacial score (nSPS) is 12.2. The van der Waals surface area contributed by atoms with Gasteiger partial charge < -0.3 is 15.8 Å². The van der Waals surface area contributed by atoms with Gasteiger partial charge in [-0.3, -0.25) is 4.98 Å². The Bertz CT molecular complexity index is 424. The van der Waals surface area contributed by atoms with Crippen molar-refractivity contribution in [1.29, 1.82) is 0 Å². The zero-order valence-electron chi connectivity index (χ0n) is 12.9. The Morgan fingerprint density at radius 3 is 2.40 bits per heavy atom. The number of pyridine rings is 1. The average molecular weight is 278 g/mol. The minimum atomic E-state index is 0.0366. The molecule has 1 heterocycles. The smallest absolute Gasteiger partial charge is 0.188 e. The summed E-state index contributed by atoms with van der Waals surface area (Å²) in [6.45, 7) is 9.84. The molecule has 0 aromatic carbocycles. The van der Waals surface area contributed by atoms with Crippen LogP contribution in [-0.2, 0) is 0 Å². The molecule has 0 saturated heterocycles. The molecule has 5 heteroatoms. The van der Waals surface area contributed by atoms with E-state index in [4.69, 9.17) is 10.9 Å². The molecule has 0 aliphatic rings. The summed E-state index contributed by atoms with van der Waals surface area (Å²) in [6, 6.07) is 4.29. The largest absolute Gasteiger partial charge is 0.409 e. The second-order valence-electron chi connectivity index (χ2n) is 5.40. The molecule has 0 saturated carbocycles. The van der Waals surface area contributed by atoms with Crippen LogP contribution in [0.5, 0.6) is 0 Å².